The Morgan fingerprint density at radius 1 is 1.25 bits per heavy atom. The van der Waals surface area contributed by atoms with Gasteiger partial charge in [0.25, 0.3) is 0 Å². The molecule has 6 heteroatoms. The predicted octanol–water partition coefficient (Wildman–Crippen LogP) is 2.94. The number of aliphatic imine (C=N–C) groups is 1. The maximum atomic E-state index is 6.16. The lowest BCUT2D eigenvalue weighted by Gasteiger charge is -2.27. The molecule has 0 radical (unpaired) electrons. The lowest BCUT2D eigenvalue weighted by molar-refractivity contribution is 0.337. The van der Waals surface area contributed by atoms with Crippen molar-refractivity contribution in [2.24, 2.45) is 16.6 Å². The summed E-state index contributed by atoms with van der Waals surface area (Å²) in [5.74, 6) is 2.24. The van der Waals surface area contributed by atoms with Gasteiger partial charge in [-0.1, -0.05) is 6.07 Å². The van der Waals surface area contributed by atoms with E-state index in [0.717, 1.165) is 44.4 Å². The molecule has 5 nitrogen and oxygen atoms in total. The molecule has 0 bridgehead atoms. The van der Waals surface area contributed by atoms with Crippen LogP contribution in [0.2, 0.25) is 0 Å². The number of hydrogen-bond acceptors (Lipinski definition) is 3. The molecule has 0 saturated carbocycles. The molecule has 2 fully saturated rings. The van der Waals surface area contributed by atoms with Gasteiger partial charge in [-0.15, -0.1) is 24.0 Å². The van der Waals surface area contributed by atoms with Crippen molar-refractivity contribution in [3.8, 4) is 5.75 Å². The molecule has 134 valence electrons. The van der Waals surface area contributed by atoms with Gasteiger partial charge >= 0.3 is 0 Å². The van der Waals surface area contributed by atoms with Crippen LogP contribution in [0.3, 0.4) is 0 Å². The monoisotopic (exact) mass is 444 g/mol. The third-order valence-electron chi connectivity index (χ3n) is 4.90. The van der Waals surface area contributed by atoms with Crippen molar-refractivity contribution in [2.45, 2.75) is 25.7 Å². The Hall–Kier alpha value is -1.18. The Bertz CT molecular complexity index is 546. The van der Waals surface area contributed by atoms with E-state index in [4.69, 9.17) is 10.5 Å². The molecule has 2 aliphatic heterocycles. The van der Waals surface area contributed by atoms with Gasteiger partial charge in [-0.3, -0.25) is 4.99 Å². The largest absolute Gasteiger partial charge is 0.497 e. The summed E-state index contributed by atoms with van der Waals surface area (Å²) in [6.45, 7) is 5.09. The number of anilines is 1. The van der Waals surface area contributed by atoms with Crippen LogP contribution < -0.4 is 15.4 Å². The van der Waals surface area contributed by atoms with Gasteiger partial charge in [0.2, 0.25) is 0 Å². The first kappa shape index (κ1) is 19.1. The minimum atomic E-state index is 0. The fraction of sp³-hybridized carbons (Fsp3) is 0.611. The number of nitrogens with two attached hydrogens (primary N) is 1. The molecule has 3 rings (SSSR count). The smallest absolute Gasteiger partial charge is 0.191 e. The Balaban J connectivity index is 0.00000208. The molecular weight excluding hydrogens is 415 g/mol. The number of likely N-dealkylation sites (tertiary alicyclic amines) is 1. The first-order chi connectivity index (χ1) is 11.3. The second-order valence-electron chi connectivity index (χ2n) is 6.55. The highest BCUT2D eigenvalue weighted by Gasteiger charge is 2.23. The zero-order valence-corrected chi connectivity index (χ0v) is 16.8. The van der Waals surface area contributed by atoms with Crippen LogP contribution in [0.15, 0.2) is 29.3 Å². The van der Waals surface area contributed by atoms with E-state index in [1.54, 1.807) is 7.11 Å². The third kappa shape index (κ3) is 4.91. The minimum Gasteiger partial charge on any atom is -0.497 e. The summed E-state index contributed by atoms with van der Waals surface area (Å²) in [5.41, 5.74) is 7.39. The molecule has 1 atom stereocenters. The number of halogens is 1. The summed E-state index contributed by atoms with van der Waals surface area (Å²) >= 11 is 0. The van der Waals surface area contributed by atoms with Crippen molar-refractivity contribution < 1.29 is 4.74 Å². The van der Waals surface area contributed by atoms with E-state index in [2.05, 4.69) is 26.9 Å². The Labute approximate surface area is 162 Å². The topological polar surface area (TPSA) is 54.1 Å². The summed E-state index contributed by atoms with van der Waals surface area (Å²) in [5, 5.41) is 0. The number of piperidine rings is 1. The molecule has 1 aromatic rings. The Morgan fingerprint density at radius 3 is 2.79 bits per heavy atom. The molecule has 1 unspecified atom stereocenters. The van der Waals surface area contributed by atoms with E-state index in [0.29, 0.717) is 5.92 Å². The molecule has 1 aromatic carbocycles. The fourth-order valence-corrected chi connectivity index (χ4v) is 3.47. The van der Waals surface area contributed by atoms with Crippen molar-refractivity contribution >= 4 is 35.6 Å². The van der Waals surface area contributed by atoms with Gasteiger partial charge in [0, 0.05) is 44.5 Å². The highest BCUT2D eigenvalue weighted by Crippen LogP contribution is 2.27. The van der Waals surface area contributed by atoms with E-state index in [1.807, 2.05) is 12.1 Å². The van der Waals surface area contributed by atoms with Gasteiger partial charge in [-0.25, -0.2) is 0 Å². The van der Waals surface area contributed by atoms with E-state index < -0.39 is 0 Å². The lowest BCUT2D eigenvalue weighted by Crippen LogP contribution is -2.41. The summed E-state index contributed by atoms with van der Waals surface area (Å²) in [4.78, 5) is 9.31. The van der Waals surface area contributed by atoms with Gasteiger partial charge in [0.1, 0.15) is 5.75 Å². The van der Waals surface area contributed by atoms with Crippen LogP contribution in [-0.2, 0) is 0 Å². The highest BCUT2D eigenvalue weighted by atomic mass is 127. The maximum absolute atomic E-state index is 6.16. The molecule has 0 aromatic heterocycles. The van der Waals surface area contributed by atoms with Gasteiger partial charge in [-0.05, 0) is 43.7 Å². The number of hydrogen-bond donors (Lipinski definition) is 1. The first-order valence-electron chi connectivity index (χ1n) is 8.70. The maximum Gasteiger partial charge on any atom is 0.191 e. The van der Waals surface area contributed by atoms with E-state index in [-0.39, 0.29) is 24.0 Å². The Morgan fingerprint density at radius 2 is 2.04 bits per heavy atom. The zero-order valence-electron chi connectivity index (χ0n) is 14.5. The van der Waals surface area contributed by atoms with Crippen molar-refractivity contribution in [1.82, 2.24) is 4.90 Å². The third-order valence-corrected chi connectivity index (χ3v) is 4.90. The fourth-order valence-electron chi connectivity index (χ4n) is 3.47. The van der Waals surface area contributed by atoms with Crippen LogP contribution in [0.4, 0.5) is 5.69 Å². The van der Waals surface area contributed by atoms with Gasteiger partial charge in [0.05, 0.1) is 7.11 Å². The highest BCUT2D eigenvalue weighted by molar-refractivity contribution is 14.0. The number of guanidine groups is 1. The zero-order chi connectivity index (χ0) is 16.1. The van der Waals surface area contributed by atoms with Crippen molar-refractivity contribution in [3.63, 3.8) is 0 Å². The average molecular weight is 444 g/mol. The summed E-state index contributed by atoms with van der Waals surface area (Å²) in [7, 11) is 1.71. The van der Waals surface area contributed by atoms with Crippen LogP contribution >= 0.6 is 24.0 Å². The van der Waals surface area contributed by atoms with E-state index >= 15 is 0 Å². The summed E-state index contributed by atoms with van der Waals surface area (Å²) < 4.78 is 5.32. The van der Waals surface area contributed by atoms with Gasteiger partial charge in [-0.2, -0.15) is 0 Å². The number of nitrogens with zero attached hydrogens (tertiary/aromatic N) is 3. The molecule has 0 aliphatic carbocycles. The molecular formula is C18H29IN4O. The first-order valence-corrected chi connectivity index (χ1v) is 8.70. The van der Waals surface area contributed by atoms with Crippen molar-refractivity contribution in [2.75, 3.05) is 44.7 Å². The van der Waals surface area contributed by atoms with Crippen LogP contribution in [0.5, 0.6) is 5.75 Å². The number of rotatable bonds is 4. The second kappa shape index (κ2) is 9.34. The standard InChI is InChI=1S/C18H28N4O.HI/c1-23-17-7-5-6-16(12-17)22-11-8-15(14-22)13-20-18(19)21-9-3-2-4-10-21;/h5-7,12,15H,2-4,8-11,13-14H2,1H3,(H2,19,20);1H. The summed E-state index contributed by atoms with van der Waals surface area (Å²) in [6.07, 6.45) is 4.97. The number of benzene rings is 1. The molecule has 24 heavy (non-hydrogen) atoms. The van der Waals surface area contributed by atoms with Gasteiger partial charge < -0.3 is 20.3 Å². The predicted molar refractivity (Wildman–Crippen MR) is 111 cm³/mol. The second-order valence-corrected chi connectivity index (χ2v) is 6.55. The molecule has 0 amide bonds. The van der Waals surface area contributed by atoms with Crippen molar-refractivity contribution in [1.29, 1.82) is 0 Å². The van der Waals surface area contributed by atoms with Crippen LogP contribution in [0, 0.1) is 5.92 Å². The number of methoxy groups -OCH3 is 1. The summed E-state index contributed by atoms with van der Waals surface area (Å²) in [6, 6.07) is 8.29. The molecule has 2 saturated heterocycles. The average Bonchev–Trinajstić information content (AvgIpc) is 3.09. The van der Waals surface area contributed by atoms with Crippen LogP contribution in [-0.4, -0.2) is 50.7 Å². The minimum absolute atomic E-state index is 0. The van der Waals surface area contributed by atoms with E-state index in [1.165, 1.54) is 31.4 Å². The van der Waals surface area contributed by atoms with Crippen LogP contribution in [0.1, 0.15) is 25.7 Å². The molecule has 2 aliphatic rings. The molecule has 2 heterocycles. The van der Waals surface area contributed by atoms with Gasteiger partial charge in [0.15, 0.2) is 5.96 Å². The molecule has 2 N–H and O–H groups in total. The quantitative estimate of drug-likeness (QED) is 0.441. The van der Waals surface area contributed by atoms with Crippen LogP contribution in [0.25, 0.3) is 0 Å². The van der Waals surface area contributed by atoms with Crippen molar-refractivity contribution in [3.05, 3.63) is 24.3 Å². The SMILES string of the molecule is COc1cccc(N2CCC(CN=C(N)N3CCCCC3)C2)c1.I. The lowest BCUT2D eigenvalue weighted by atomic mass is 10.1. The molecule has 0 spiro atoms. The number of ether oxygens (including phenoxy) is 1. The van der Waals surface area contributed by atoms with E-state index in [9.17, 15) is 0 Å². The Kier molecular flexibility index (Phi) is 7.45. The normalized spacial score (nSPS) is 21.5.